The maximum Gasteiger partial charge on any atom is 0.344 e. The molecule has 20 heavy (non-hydrogen) atoms. The maximum absolute atomic E-state index is 11.4. The highest BCUT2D eigenvalue weighted by molar-refractivity contribution is 9.10. The summed E-state index contributed by atoms with van der Waals surface area (Å²) in [4.78, 5) is 33.2. The summed E-state index contributed by atoms with van der Waals surface area (Å²) in [6, 6.07) is 5.83. The van der Waals surface area contributed by atoms with Crippen molar-refractivity contribution in [3.63, 3.8) is 0 Å². The van der Waals surface area contributed by atoms with Gasteiger partial charge < -0.3 is 15.2 Å². The molecule has 0 saturated heterocycles. The van der Waals surface area contributed by atoms with Crippen molar-refractivity contribution < 1.29 is 23.9 Å². The number of halogens is 1. The van der Waals surface area contributed by atoms with Crippen LogP contribution >= 0.6 is 15.9 Å². The van der Waals surface area contributed by atoms with E-state index in [4.69, 9.17) is 15.2 Å². The molecule has 0 aliphatic heterocycles. The van der Waals surface area contributed by atoms with Crippen molar-refractivity contribution in [3.8, 4) is 5.75 Å². The third-order valence-corrected chi connectivity index (χ3v) is 2.62. The van der Waals surface area contributed by atoms with E-state index in [1.54, 1.807) is 29.6 Å². The molecular weight excluding hydrogens is 332 g/mol. The lowest BCUT2D eigenvalue weighted by molar-refractivity contribution is -0.156. The summed E-state index contributed by atoms with van der Waals surface area (Å²) < 4.78 is 10.8. The molecule has 1 aromatic rings. The Morgan fingerprint density at radius 3 is 2.45 bits per heavy atom. The first kappa shape index (κ1) is 16.0. The van der Waals surface area contributed by atoms with E-state index < -0.39 is 24.0 Å². The molecule has 0 fully saturated rings. The molecule has 1 rings (SSSR count). The van der Waals surface area contributed by atoms with Crippen LogP contribution in [0.1, 0.15) is 6.92 Å². The Morgan fingerprint density at radius 2 is 1.90 bits per heavy atom. The number of primary amides is 1. The molecule has 3 amide bonds. The van der Waals surface area contributed by atoms with Gasteiger partial charge in [-0.2, -0.15) is 0 Å². The topological polar surface area (TPSA) is 108 Å². The van der Waals surface area contributed by atoms with Crippen LogP contribution in [0.5, 0.6) is 5.75 Å². The van der Waals surface area contributed by atoms with Crippen molar-refractivity contribution in [2.24, 2.45) is 5.73 Å². The summed E-state index contributed by atoms with van der Waals surface area (Å²) in [6.45, 7) is 0.964. The molecule has 1 atom stereocenters. The highest BCUT2D eigenvalue weighted by atomic mass is 79.9. The molecule has 0 heterocycles. The second-order valence-electron chi connectivity index (χ2n) is 3.73. The van der Waals surface area contributed by atoms with Gasteiger partial charge in [0.15, 0.2) is 12.7 Å². The van der Waals surface area contributed by atoms with Gasteiger partial charge in [0.05, 0.1) is 0 Å². The third-order valence-electron chi connectivity index (χ3n) is 2.09. The highest BCUT2D eigenvalue weighted by Crippen LogP contribution is 2.15. The first-order chi connectivity index (χ1) is 9.38. The Morgan fingerprint density at radius 1 is 1.30 bits per heavy atom. The predicted molar refractivity (Wildman–Crippen MR) is 72.9 cm³/mol. The Hall–Kier alpha value is -2.09. The summed E-state index contributed by atoms with van der Waals surface area (Å²) in [5, 5.41) is 1.80. The number of benzene rings is 1. The Bertz CT molecular complexity index is 503. The van der Waals surface area contributed by atoms with Crippen molar-refractivity contribution in [2.45, 2.75) is 13.0 Å². The average molecular weight is 345 g/mol. The number of ether oxygens (including phenoxy) is 2. The number of carbonyl (C=O) groups is 3. The lowest BCUT2D eigenvalue weighted by atomic mass is 10.3. The van der Waals surface area contributed by atoms with Crippen LogP contribution in [0.4, 0.5) is 4.79 Å². The van der Waals surface area contributed by atoms with Crippen LogP contribution in [0.15, 0.2) is 28.7 Å². The van der Waals surface area contributed by atoms with Gasteiger partial charge in [0, 0.05) is 4.47 Å². The zero-order valence-electron chi connectivity index (χ0n) is 10.6. The molecule has 7 nitrogen and oxygen atoms in total. The van der Waals surface area contributed by atoms with Crippen LogP contribution in [0, 0.1) is 0 Å². The number of urea groups is 1. The van der Waals surface area contributed by atoms with Crippen molar-refractivity contribution in [1.29, 1.82) is 0 Å². The second-order valence-corrected chi connectivity index (χ2v) is 4.64. The number of rotatable bonds is 5. The summed E-state index contributed by atoms with van der Waals surface area (Å²) >= 11 is 3.26. The van der Waals surface area contributed by atoms with E-state index in [1.165, 1.54) is 6.92 Å². The number of carbonyl (C=O) groups excluding carboxylic acids is 3. The minimum absolute atomic E-state index is 0.351. The van der Waals surface area contributed by atoms with E-state index >= 15 is 0 Å². The van der Waals surface area contributed by atoms with Crippen LogP contribution in [-0.4, -0.2) is 30.6 Å². The summed E-state index contributed by atoms with van der Waals surface area (Å²) in [5.74, 6) is -1.05. The number of hydrogen-bond donors (Lipinski definition) is 2. The summed E-state index contributed by atoms with van der Waals surface area (Å²) in [5.41, 5.74) is 4.77. The van der Waals surface area contributed by atoms with E-state index in [2.05, 4.69) is 15.9 Å². The fourth-order valence-corrected chi connectivity index (χ4v) is 1.45. The summed E-state index contributed by atoms with van der Waals surface area (Å²) in [7, 11) is 0. The zero-order valence-corrected chi connectivity index (χ0v) is 12.2. The van der Waals surface area contributed by atoms with Crippen LogP contribution in [0.3, 0.4) is 0 Å². The van der Waals surface area contributed by atoms with Gasteiger partial charge >= 0.3 is 12.0 Å². The normalized spacial score (nSPS) is 11.3. The number of imide groups is 1. The van der Waals surface area contributed by atoms with Crippen LogP contribution in [0.25, 0.3) is 0 Å². The molecular formula is C12H13BrN2O5. The number of amides is 3. The first-order valence-corrected chi connectivity index (χ1v) is 6.36. The van der Waals surface area contributed by atoms with Gasteiger partial charge in [-0.3, -0.25) is 10.1 Å². The van der Waals surface area contributed by atoms with Gasteiger partial charge in [-0.25, -0.2) is 9.59 Å². The minimum atomic E-state index is -1.14. The molecule has 0 saturated carbocycles. The molecule has 1 aromatic carbocycles. The molecule has 0 unspecified atom stereocenters. The van der Waals surface area contributed by atoms with Crippen molar-refractivity contribution in [2.75, 3.05) is 6.61 Å². The van der Waals surface area contributed by atoms with E-state index in [1.807, 2.05) is 0 Å². The largest absolute Gasteiger partial charge is 0.482 e. The number of nitrogens with two attached hydrogens (primary N) is 1. The van der Waals surface area contributed by atoms with E-state index in [9.17, 15) is 14.4 Å². The van der Waals surface area contributed by atoms with Gasteiger partial charge in [-0.05, 0) is 31.2 Å². The molecule has 0 spiro atoms. The second kappa shape index (κ2) is 7.49. The van der Waals surface area contributed by atoms with E-state index in [0.29, 0.717) is 5.75 Å². The van der Waals surface area contributed by atoms with Gasteiger partial charge in [0.2, 0.25) is 0 Å². The van der Waals surface area contributed by atoms with Gasteiger partial charge in [0.1, 0.15) is 5.75 Å². The Balaban J connectivity index is 2.38. The van der Waals surface area contributed by atoms with E-state index in [0.717, 1.165) is 4.47 Å². The molecule has 108 valence electrons. The molecule has 8 heteroatoms. The van der Waals surface area contributed by atoms with Crippen molar-refractivity contribution >= 4 is 33.8 Å². The highest BCUT2D eigenvalue weighted by Gasteiger charge is 2.19. The molecule has 0 aliphatic rings. The average Bonchev–Trinajstić information content (AvgIpc) is 2.37. The lowest BCUT2D eigenvalue weighted by Gasteiger charge is -2.12. The van der Waals surface area contributed by atoms with Gasteiger partial charge in [-0.1, -0.05) is 15.9 Å². The number of esters is 1. The van der Waals surface area contributed by atoms with Crippen LogP contribution in [0.2, 0.25) is 0 Å². The maximum atomic E-state index is 11.4. The van der Waals surface area contributed by atoms with Gasteiger partial charge in [-0.15, -0.1) is 0 Å². The fraction of sp³-hybridized carbons (Fsp3) is 0.250. The predicted octanol–water partition coefficient (Wildman–Crippen LogP) is 0.954. The quantitative estimate of drug-likeness (QED) is 0.773. The number of hydrogen-bond acceptors (Lipinski definition) is 5. The fourth-order valence-electron chi connectivity index (χ4n) is 1.18. The standard InChI is InChI=1S/C12H13BrN2O5/c1-7(11(17)15-12(14)18)20-10(16)6-19-9-4-2-8(13)3-5-9/h2-5,7H,6H2,1H3,(H3,14,15,17,18)/t7-/m0/s1. The Labute approximate surface area is 123 Å². The van der Waals surface area contributed by atoms with Crippen LogP contribution in [-0.2, 0) is 14.3 Å². The van der Waals surface area contributed by atoms with Crippen molar-refractivity contribution in [1.82, 2.24) is 5.32 Å². The smallest absolute Gasteiger partial charge is 0.344 e. The van der Waals surface area contributed by atoms with E-state index in [-0.39, 0.29) is 6.61 Å². The minimum Gasteiger partial charge on any atom is -0.482 e. The first-order valence-electron chi connectivity index (χ1n) is 5.56. The summed E-state index contributed by atoms with van der Waals surface area (Å²) in [6.07, 6.45) is -1.14. The molecule has 0 bridgehead atoms. The lowest BCUT2D eigenvalue weighted by Crippen LogP contribution is -2.42. The third kappa shape index (κ3) is 5.70. The molecule has 0 aromatic heterocycles. The monoisotopic (exact) mass is 344 g/mol. The Kier molecular flexibility index (Phi) is 5.98. The SMILES string of the molecule is C[C@H](OC(=O)COc1ccc(Br)cc1)C(=O)NC(N)=O. The van der Waals surface area contributed by atoms with Gasteiger partial charge in [0.25, 0.3) is 5.91 Å². The molecule has 0 radical (unpaired) electrons. The molecule has 3 N–H and O–H groups in total. The molecule has 0 aliphatic carbocycles. The van der Waals surface area contributed by atoms with Crippen LogP contribution < -0.4 is 15.8 Å². The number of nitrogens with one attached hydrogen (secondary N) is 1. The zero-order chi connectivity index (χ0) is 15.1. The van der Waals surface area contributed by atoms with Crippen molar-refractivity contribution in [3.05, 3.63) is 28.7 Å².